The third-order valence-corrected chi connectivity index (χ3v) is 13.2. The molecule has 0 bridgehead atoms. The smallest absolute Gasteiger partial charge is 0.261 e. The van der Waals surface area contributed by atoms with E-state index in [-0.39, 0.29) is 34.7 Å². The van der Waals surface area contributed by atoms with E-state index in [0.717, 1.165) is 12.8 Å². The van der Waals surface area contributed by atoms with Gasteiger partial charge in [-0.05, 0) is 105 Å². The quantitative estimate of drug-likeness (QED) is 0.0525. The van der Waals surface area contributed by atoms with Crippen LogP contribution in [0.1, 0.15) is 135 Å². The fraction of sp³-hybridized carbons (Fsp3) is 0.310. The number of ether oxygens (including phenoxy) is 2. The maximum Gasteiger partial charge on any atom is 0.261 e. The lowest BCUT2D eigenvalue weighted by Crippen LogP contribution is -2.40. The van der Waals surface area contributed by atoms with Gasteiger partial charge < -0.3 is 9.47 Å². The molecule has 0 aromatic heterocycles. The van der Waals surface area contributed by atoms with Crippen LogP contribution in [0.25, 0.3) is 43.1 Å². The second-order valence-electron chi connectivity index (χ2n) is 21.9. The molecule has 0 saturated heterocycles. The Hall–Kier alpha value is -6.80. The van der Waals surface area contributed by atoms with Crippen LogP contribution in [0.5, 0.6) is 23.0 Å². The van der Waals surface area contributed by atoms with E-state index in [4.69, 9.17) is 9.47 Å². The molecule has 0 unspecified atom stereocenters. The Labute approximate surface area is 387 Å². The Morgan fingerprint density at radius 2 is 0.773 bits per heavy atom. The molecular formula is C58H58N2O6. The first-order chi connectivity index (χ1) is 31.0. The van der Waals surface area contributed by atoms with E-state index >= 15 is 0 Å². The molecule has 8 nitrogen and oxygen atoms in total. The highest BCUT2D eigenvalue weighted by atomic mass is 16.5. The zero-order chi connectivity index (χ0) is 47.4. The van der Waals surface area contributed by atoms with Crippen LogP contribution in [0.15, 0.2) is 110 Å². The summed E-state index contributed by atoms with van der Waals surface area (Å²) >= 11 is 0. The number of fused-ring (bicyclic) bond motifs is 2. The van der Waals surface area contributed by atoms with Gasteiger partial charge in [0, 0.05) is 56.5 Å². The van der Waals surface area contributed by atoms with Gasteiger partial charge >= 0.3 is 0 Å². The molecule has 7 aromatic rings. The van der Waals surface area contributed by atoms with Crippen molar-refractivity contribution in [2.24, 2.45) is 10.8 Å². The van der Waals surface area contributed by atoms with Crippen LogP contribution >= 0.6 is 0 Å². The van der Waals surface area contributed by atoms with Crippen LogP contribution in [0.4, 0.5) is 0 Å². The zero-order valence-corrected chi connectivity index (χ0v) is 39.8. The van der Waals surface area contributed by atoms with Crippen LogP contribution in [-0.4, -0.2) is 46.5 Å². The molecule has 336 valence electrons. The third-order valence-electron chi connectivity index (χ3n) is 13.2. The predicted octanol–water partition coefficient (Wildman–Crippen LogP) is 14.3. The fourth-order valence-electron chi connectivity index (χ4n) is 11.3. The lowest BCUT2D eigenvalue weighted by atomic mass is 9.72. The first-order valence-corrected chi connectivity index (χ1v) is 22.8. The summed E-state index contributed by atoms with van der Waals surface area (Å²) in [6, 6.07) is 26.9. The van der Waals surface area contributed by atoms with Crippen LogP contribution in [0, 0.1) is 10.8 Å². The predicted molar refractivity (Wildman–Crippen MR) is 266 cm³/mol. The second kappa shape index (κ2) is 15.4. The number of imide groups is 2. The van der Waals surface area contributed by atoms with Gasteiger partial charge in [-0.2, -0.15) is 0 Å². The molecular weight excluding hydrogens is 821 g/mol. The molecule has 2 heterocycles. The van der Waals surface area contributed by atoms with Gasteiger partial charge in [0.2, 0.25) is 0 Å². The van der Waals surface area contributed by atoms with Crippen molar-refractivity contribution in [3.8, 4) is 23.0 Å². The number of carbonyl (C=O) groups is 4. The lowest BCUT2D eigenvalue weighted by Gasteiger charge is -2.33. The summed E-state index contributed by atoms with van der Waals surface area (Å²) in [4.78, 5) is 59.9. The molecule has 8 heteroatoms. The Morgan fingerprint density at radius 1 is 0.439 bits per heavy atom. The van der Waals surface area contributed by atoms with E-state index in [1.807, 2.05) is 36.4 Å². The normalized spacial score (nSPS) is 14.6. The van der Waals surface area contributed by atoms with E-state index in [9.17, 15) is 19.2 Å². The van der Waals surface area contributed by atoms with Gasteiger partial charge in [-0.25, -0.2) is 0 Å². The molecule has 0 N–H and O–H groups in total. The SMILES string of the molecule is C=CCN1C(=O)c2ccc3c4c(Oc5ccc(C(C)(C)CC(C)(C)C)cc5)cc5c6c(ccc(c7c(Oc8ccc(C(C)(C)CC(C)(C)C)cc8)cc(c2c37)C1=O)c64)C(=O)N(CC=C)C5=O. The number of carbonyl (C=O) groups excluding carboxylic acids is 4. The van der Waals surface area contributed by atoms with Gasteiger partial charge in [0.25, 0.3) is 23.6 Å². The van der Waals surface area contributed by atoms with E-state index in [2.05, 4.69) is 107 Å². The summed E-state index contributed by atoms with van der Waals surface area (Å²) in [6.07, 6.45) is 5.03. The third kappa shape index (κ3) is 7.31. The molecule has 0 fully saturated rings. The first-order valence-electron chi connectivity index (χ1n) is 22.8. The Balaban J connectivity index is 1.33. The Morgan fingerprint density at radius 3 is 1.09 bits per heavy atom. The standard InChI is InChI=1S/C58H58N2O6/c1-13-27-59-51(61)39-25-23-37-48-44(66-36-21-17-34(18-22-36)58(11,12)32-56(6,7)8)30-42-46-40(52(62)60(28-14-2)54(42)64)26-24-38(50(46)48)47-43(29-41(53(59)63)45(39)49(37)47)65-35-19-15-33(16-20-35)57(9,10)31-55(3,4)5/h13-26,29-30H,1-2,27-28,31-32H2,3-12H3. The van der Waals surface area contributed by atoms with Crippen molar-refractivity contribution in [2.75, 3.05) is 13.1 Å². The van der Waals surface area contributed by atoms with Gasteiger partial charge in [-0.3, -0.25) is 29.0 Å². The van der Waals surface area contributed by atoms with Gasteiger partial charge in [0.15, 0.2) is 0 Å². The van der Waals surface area contributed by atoms with Gasteiger partial charge in [0.05, 0.1) is 11.1 Å². The summed E-state index contributed by atoms with van der Waals surface area (Å²) in [5.74, 6) is 0.141. The van der Waals surface area contributed by atoms with E-state index in [1.165, 1.54) is 20.9 Å². The Bertz CT molecular complexity index is 3000. The second-order valence-corrected chi connectivity index (χ2v) is 21.9. The molecule has 0 aliphatic carbocycles. The molecule has 0 saturated carbocycles. The van der Waals surface area contributed by atoms with Crippen molar-refractivity contribution in [1.82, 2.24) is 9.80 Å². The molecule has 7 aromatic carbocycles. The monoisotopic (exact) mass is 878 g/mol. The highest BCUT2D eigenvalue weighted by Gasteiger charge is 2.39. The van der Waals surface area contributed by atoms with E-state index < -0.39 is 23.6 Å². The summed E-state index contributed by atoms with van der Waals surface area (Å²) in [5.41, 5.74) is 3.76. The van der Waals surface area contributed by atoms with Gasteiger partial charge in [-0.1, -0.05) is 118 Å². The average Bonchev–Trinajstić information content (AvgIpc) is 3.23. The average molecular weight is 879 g/mol. The number of rotatable bonds is 12. The first kappa shape index (κ1) is 44.4. The summed E-state index contributed by atoms with van der Waals surface area (Å²) in [6.45, 7) is 30.2. The number of amides is 4. The van der Waals surface area contributed by atoms with Crippen molar-refractivity contribution in [3.05, 3.63) is 144 Å². The van der Waals surface area contributed by atoms with Crippen molar-refractivity contribution in [2.45, 2.75) is 92.9 Å². The molecule has 2 aliphatic heterocycles. The molecule has 2 aliphatic rings. The largest absolute Gasteiger partial charge is 0.457 e. The van der Waals surface area contributed by atoms with Crippen molar-refractivity contribution in [3.63, 3.8) is 0 Å². The number of hydrogen-bond acceptors (Lipinski definition) is 6. The van der Waals surface area contributed by atoms with Crippen LogP contribution in [-0.2, 0) is 10.8 Å². The van der Waals surface area contributed by atoms with Crippen molar-refractivity contribution in [1.29, 1.82) is 0 Å². The van der Waals surface area contributed by atoms with Crippen LogP contribution < -0.4 is 9.47 Å². The Kier molecular flexibility index (Phi) is 10.4. The summed E-state index contributed by atoms with van der Waals surface area (Å²) in [7, 11) is 0. The summed E-state index contributed by atoms with van der Waals surface area (Å²) in [5, 5.41) is 4.93. The highest BCUT2D eigenvalue weighted by molar-refractivity contribution is 6.43. The molecule has 0 spiro atoms. The van der Waals surface area contributed by atoms with Gasteiger partial charge in [-0.15, -0.1) is 13.2 Å². The minimum absolute atomic E-state index is 0.0346. The van der Waals surface area contributed by atoms with E-state index in [0.29, 0.717) is 88.3 Å². The van der Waals surface area contributed by atoms with Crippen molar-refractivity contribution >= 4 is 66.7 Å². The number of hydrogen-bond donors (Lipinski definition) is 0. The minimum Gasteiger partial charge on any atom is -0.457 e. The minimum atomic E-state index is -0.458. The van der Waals surface area contributed by atoms with Gasteiger partial charge in [0.1, 0.15) is 23.0 Å². The maximum atomic E-state index is 14.5. The van der Waals surface area contributed by atoms with Crippen LogP contribution in [0.2, 0.25) is 0 Å². The molecule has 9 rings (SSSR count). The number of nitrogens with zero attached hydrogens (tertiary/aromatic N) is 2. The number of benzene rings is 7. The fourth-order valence-corrected chi connectivity index (χ4v) is 11.3. The maximum absolute atomic E-state index is 14.5. The van der Waals surface area contributed by atoms with Crippen molar-refractivity contribution < 1.29 is 28.7 Å². The molecule has 0 radical (unpaired) electrons. The lowest BCUT2D eigenvalue weighted by molar-refractivity contribution is 0.0613. The summed E-state index contributed by atoms with van der Waals surface area (Å²) < 4.78 is 13.8. The topological polar surface area (TPSA) is 93.2 Å². The molecule has 0 atom stereocenters. The van der Waals surface area contributed by atoms with Crippen LogP contribution in [0.3, 0.4) is 0 Å². The zero-order valence-electron chi connectivity index (χ0n) is 39.8. The molecule has 4 amide bonds. The van der Waals surface area contributed by atoms with E-state index in [1.54, 1.807) is 36.4 Å². The molecule has 66 heavy (non-hydrogen) atoms. The highest BCUT2D eigenvalue weighted by Crippen LogP contribution is 2.53.